The first kappa shape index (κ1) is 13.3. The van der Waals surface area contributed by atoms with Gasteiger partial charge in [0.05, 0.1) is 0 Å². The van der Waals surface area contributed by atoms with Crippen molar-refractivity contribution < 1.29 is 14.3 Å². The number of hydrogen-bond donors (Lipinski definition) is 1. The van der Waals surface area contributed by atoms with E-state index < -0.39 is 0 Å². The molecule has 102 valence electrons. The molecule has 0 aromatic carbocycles. The molecular weight excluding hydrogens is 232 g/mol. The van der Waals surface area contributed by atoms with Crippen molar-refractivity contribution in [3.05, 3.63) is 0 Å². The van der Waals surface area contributed by atoms with Crippen LogP contribution in [0.25, 0.3) is 0 Å². The van der Waals surface area contributed by atoms with Gasteiger partial charge in [0.15, 0.2) is 0 Å². The van der Waals surface area contributed by atoms with Crippen molar-refractivity contribution in [1.82, 2.24) is 10.2 Å². The molecule has 2 fully saturated rings. The molecule has 0 aliphatic carbocycles. The summed E-state index contributed by atoms with van der Waals surface area (Å²) < 4.78 is 5.35. The van der Waals surface area contributed by atoms with E-state index in [1.54, 1.807) is 4.90 Å². The summed E-state index contributed by atoms with van der Waals surface area (Å²) in [7, 11) is 0. The van der Waals surface area contributed by atoms with E-state index in [0.717, 1.165) is 12.8 Å². The molecular formula is C13H22N2O3. The van der Waals surface area contributed by atoms with E-state index in [9.17, 15) is 9.59 Å². The second kappa shape index (κ2) is 4.88. The van der Waals surface area contributed by atoms with Gasteiger partial charge >= 0.3 is 0 Å². The lowest BCUT2D eigenvalue weighted by molar-refractivity contribution is -0.155. The quantitative estimate of drug-likeness (QED) is 0.782. The summed E-state index contributed by atoms with van der Waals surface area (Å²) in [4.78, 5) is 26.0. The second-order valence-corrected chi connectivity index (χ2v) is 5.82. The third kappa shape index (κ3) is 2.36. The molecule has 5 nitrogen and oxygen atoms in total. The van der Waals surface area contributed by atoms with Gasteiger partial charge in [-0.05, 0) is 25.7 Å². The number of rotatable bonds is 2. The zero-order valence-corrected chi connectivity index (χ0v) is 11.4. The Morgan fingerprint density at radius 1 is 1.33 bits per heavy atom. The number of nitrogens with zero attached hydrogens (tertiary/aromatic N) is 1. The molecule has 0 radical (unpaired) electrons. The lowest BCUT2D eigenvalue weighted by atomic mass is 9.87. The van der Waals surface area contributed by atoms with Gasteiger partial charge in [0.1, 0.15) is 12.6 Å². The van der Waals surface area contributed by atoms with Gasteiger partial charge in [0.2, 0.25) is 11.8 Å². The van der Waals surface area contributed by atoms with E-state index in [0.29, 0.717) is 13.2 Å². The molecule has 0 saturated carbocycles. The van der Waals surface area contributed by atoms with Gasteiger partial charge < -0.3 is 15.0 Å². The number of piperazine rings is 1. The minimum Gasteiger partial charge on any atom is -0.381 e. The second-order valence-electron chi connectivity index (χ2n) is 5.82. The fourth-order valence-corrected chi connectivity index (χ4v) is 2.66. The number of ether oxygens (including phenoxy) is 1. The smallest absolute Gasteiger partial charge is 0.246 e. The minimum absolute atomic E-state index is 0.0500. The average molecular weight is 254 g/mol. The van der Waals surface area contributed by atoms with Crippen LogP contribution < -0.4 is 5.32 Å². The zero-order valence-electron chi connectivity index (χ0n) is 11.4. The zero-order chi connectivity index (χ0) is 13.3. The highest BCUT2D eigenvalue weighted by molar-refractivity contribution is 5.95. The lowest BCUT2D eigenvalue weighted by Crippen LogP contribution is -2.66. The van der Waals surface area contributed by atoms with E-state index >= 15 is 0 Å². The van der Waals surface area contributed by atoms with Crippen LogP contribution in [0, 0.1) is 5.92 Å². The normalized spacial score (nSPS) is 28.4. The molecule has 18 heavy (non-hydrogen) atoms. The van der Waals surface area contributed by atoms with Gasteiger partial charge in [-0.25, -0.2) is 0 Å². The van der Waals surface area contributed by atoms with Crippen LogP contribution in [0.4, 0.5) is 0 Å². The van der Waals surface area contributed by atoms with Crippen LogP contribution >= 0.6 is 0 Å². The molecule has 0 aromatic heterocycles. The molecule has 1 unspecified atom stereocenters. The number of hydrogen-bond acceptors (Lipinski definition) is 3. The summed E-state index contributed by atoms with van der Waals surface area (Å²) in [6.45, 7) is 7.47. The molecule has 0 bridgehead atoms. The standard InChI is InChI=1S/C13H22N2O3/c1-9(2)11-12(17)15(8-10(16)14-11)13(3)4-6-18-7-5-13/h9,11H,4-8H2,1-3H3,(H,14,16). The Bertz CT molecular complexity index is 348. The van der Waals surface area contributed by atoms with Crippen molar-refractivity contribution in [1.29, 1.82) is 0 Å². The summed E-state index contributed by atoms with van der Waals surface area (Å²) in [5.74, 6) is 0.114. The number of carbonyl (C=O) groups is 2. The summed E-state index contributed by atoms with van der Waals surface area (Å²) in [6, 6.07) is -0.383. The van der Waals surface area contributed by atoms with Crippen molar-refractivity contribution >= 4 is 11.8 Å². The Hall–Kier alpha value is -1.10. The molecule has 2 heterocycles. The molecule has 2 saturated heterocycles. The first-order chi connectivity index (χ1) is 8.44. The van der Waals surface area contributed by atoms with Gasteiger partial charge in [-0.1, -0.05) is 13.8 Å². The summed E-state index contributed by atoms with van der Waals surface area (Å²) in [5.41, 5.74) is -0.236. The maximum absolute atomic E-state index is 12.5. The maximum Gasteiger partial charge on any atom is 0.246 e. The van der Waals surface area contributed by atoms with E-state index in [4.69, 9.17) is 4.74 Å². The molecule has 0 spiro atoms. The van der Waals surface area contributed by atoms with Gasteiger partial charge in [0.25, 0.3) is 0 Å². The van der Waals surface area contributed by atoms with Crippen molar-refractivity contribution in [2.24, 2.45) is 5.92 Å². The first-order valence-corrected chi connectivity index (χ1v) is 6.63. The number of carbonyl (C=O) groups excluding carboxylic acids is 2. The largest absolute Gasteiger partial charge is 0.381 e. The molecule has 2 aliphatic rings. The van der Waals surface area contributed by atoms with Crippen LogP contribution in [0.15, 0.2) is 0 Å². The monoisotopic (exact) mass is 254 g/mol. The summed E-state index contributed by atoms with van der Waals surface area (Å²) in [5, 5.41) is 2.79. The molecule has 2 amide bonds. The van der Waals surface area contributed by atoms with Crippen LogP contribution in [0.5, 0.6) is 0 Å². The third-order valence-corrected chi connectivity index (χ3v) is 4.04. The van der Waals surface area contributed by atoms with Crippen LogP contribution in [0.3, 0.4) is 0 Å². The molecule has 1 N–H and O–H groups in total. The van der Waals surface area contributed by atoms with Gasteiger partial charge in [-0.3, -0.25) is 9.59 Å². The molecule has 2 aliphatic heterocycles. The SMILES string of the molecule is CC(C)C1NC(=O)CN(C2(C)CCOCC2)C1=O. The van der Waals surface area contributed by atoms with E-state index in [1.807, 2.05) is 13.8 Å². The third-order valence-electron chi connectivity index (χ3n) is 4.04. The Labute approximate surface area is 108 Å². The summed E-state index contributed by atoms with van der Waals surface area (Å²) in [6.07, 6.45) is 1.60. The Balaban J connectivity index is 2.20. The lowest BCUT2D eigenvalue weighted by Gasteiger charge is -2.47. The van der Waals surface area contributed by atoms with Gasteiger partial charge in [-0.2, -0.15) is 0 Å². The van der Waals surface area contributed by atoms with Crippen LogP contribution in [0.1, 0.15) is 33.6 Å². The topological polar surface area (TPSA) is 58.6 Å². The molecule has 2 rings (SSSR count). The fraction of sp³-hybridized carbons (Fsp3) is 0.846. The van der Waals surface area contributed by atoms with Gasteiger partial charge in [0, 0.05) is 18.8 Å². The summed E-state index contributed by atoms with van der Waals surface area (Å²) >= 11 is 0. The molecule has 0 aromatic rings. The minimum atomic E-state index is -0.383. The van der Waals surface area contributed by atoms with E-state index in [1.165, 1.54) is 0 Å². The van der Waals surface area contributed by atoms with Crippen molar-refractivity contribution in [2.45, 2.75) is 45.2 Å². The highest BCUT2D eigenvalue weighted by Gasteiger charge is 2.44. The van der Waals surface area contributed by atoms with Gasteiger partial charge in [-0.15, -0.1) is 0 Å². The molecule has 1 atom stereocenters. The maximum atomic E-state index is 12.5. The molecule has 5 heteroatoms. The predicted octanol–water partition coefficient (Wildman–Crippen LogP) is 0.538. The first-order valence-electron chi connectivity index (χ1n) is 6.63. The van der Waals surface area contributed by atoms with E-state index in [-0.39, 0.29) is 35.9 Å². The van der Waals surface area contributed by atoms with Crippen molar-refractivity contribution in [2.75, 3.05) is 19.8 Å². The highest BCUT2D eigenvalue weighted by Crippen LogP contribution is 2.29. The Morgan fingerprint density at radius 3 is 2.50 bits per heavy atom. The predicted molar refractivity (Wildman–Crippen MR) is 66.9 cm³/mol. The van der Waals surface area contributed by atoms with Crippen LogP contribution in [0.2, 0.25) is 0 Å². The Kier molecular flexibility index (Phi) is 3.61. The average Bonchev–Trinajstić information content (AvgIpc) is 2.32. The van der Waals surface area contributed by atoms with Crippen molar-refractivity contribution in [3.63, 3.8) is 0 Å². The number of nitrogens with one attached hydrogen (secondary N) is 1. The highest BCUT2D eigenvalue weighted by atomic mass is 16.5. The van der Waals surface area contributed by atoms with Crippen molar-refractivity contribution in [3.8, 4) is 0 Å². The van der Waals surface area contributed by atoms with Crippen LogP contribution in [-0.2, 0) is 14.3 Å². The fourth-order valence-electron chi connectivity index (χ4n) is 2.66. The Morgan fingerprint density at radius 2 is 1.94 bits per heavy atom. The van der Waals surface area contributed by atoms with Crippen LogP contribution in [-0.4, -0.2) is 48.1 Å². The number of amides is 2. The van der Waals surface area contributed by atoms with E-state index in [2.05, 4.69) is 12.2 Å².